The summed E-state index contributed by atoms with van der Waals surface area (Å²) < 4.78 is 0. The van der Waals surface area contributed by atoms with Crippen LogP contribution >= 0.6 is 11.8 Å². The summed E-state index contributed by atoms with van der Waals surface area (Å²) in [7, 11) is 0. The zero-order valence-electron chi connectivity index (χ0n) is 10.1. The van der Waals surface area contributed by atoms with Gasteiger partial charge in [0, 0.05) is 12.7 Å². The number of hydrogen-bond acceptors (Lipinski definition) is 4. The first-order chi connectivity index (χ1) is 8.72. The van der Waals surface area contributed by atoms with Gasteiger partial charge in [-0.1, -0.05) is 0 Å². The van der Waals surface area contributed by atoms with Crippen molar-refractivity contribution in [2.45, 2.75) is 23.9 Å². The Bertz CT molecular complexity index is 464. The molecule has 1 aromatic heterocycles. The molecule has 0 radical (unpaired) electrons. The summed E-state index contributed by atoms with van der Waals surface area (Å²) in [6.45, 7) is 0.689. The van der Waals surface area contributed by atoms with Gasteiger partial charge in [0.05, 0.1) is 5.56 Å². The van der Waals surface area contributed by atoms with E-state index in [4.69, 9.17) is 0 Å². The molecule has 96 valence electrons. The maximum atomic E-state index is 12.1. The molecule has 0 saturated carbocycles. The Balaban J connectivity index is 2.09. The van der Waals surface area contributed by atoms with E-state index in [1.54, 1.807) is 18.3 Å². The molecule has 0 aliphatic carbocycles. The fourth-order valence-corrected chi connectivity index (χ4v) is 2.42. The summed E-state index contributed by atoms with van der Waals surface area (Å²) >= 11 is 1.41. The van der Waals surface area contributed by atoms with E-state index in [9.17, 15) is 9.59 Å². The predicted octanol–water partition coefficient (Wildman–Crippen LogP) is 0.812. The van der Waals surface area contributed by atoms with Crippen LogP contribution in [0.1, 0.15) is 23.2 Å². The second-order valence-corrected chi connectivity index (χ2v) is 4.81. The van der Waals surface area contributed by atoms with Gasteiger partial charge in [-0.2, -0.15) is 0 Å². The van der Waals surface area contributed by atoms with E-state index in [1.807, 2.05) is 6.26 Å². The summed E-state index contributed by atoms with van der Waals surface area (Å²) in [6.07, 6.45) is 5.09. The monoisotopic (exact) mass is 265 g/mol. The van der Waals surface area contributed by atoms with E-state index in [2.05, 4.69) is 15.6 Å². The van der Waals surface area contributed by atoms with Gasteiger partial charge in [0.1, 0.15) is 11.1 Å². The molecule has 1 aliphatic rings. The Labute approximate surface area is 110 Å². The van der Waals surface area contributed by atoms with Gasteiger partial charge in [-0.05, 0) is 31.2 Å². The van der Waals surface area contributed by atoms with Crippen molar-refractivity contribution in [1.29, 1.82) is 0 Å². The van der Waals surface area contributed by atoms with Crippen molar-refractivity contribution < 1.29 is 9.59 Å². The molecule has 1 aromatic rings. The molecule has 2 heterocycles. The van der Waals surface area contributed by atoms with Gasteiger partial charge in [0.25, 0.3) is 5.91 Å². The predicted molar refractivity (Wildman–Crippen MR) is 69.5 cm³/mol. The van der Waals surface area contributed by atoms with Crippen LogP contribution in [0, 0.1) is 0 Å². The standard InChI is InChI=1S/C12H15N3O2S/c1-18-12-8(4-2-7-14-12)10(16)15-9-5-3-6-13-11(9)17/h2,4,7,9H,3,5-6H2,1H3,(H,13,17)(H,15,16). The van der Waals surface area contributed by atoms with Crippen LogP contribution in [0.4, 0.5) is 0 Å². The second-order valence-electron chi connectivity index (χ2n) is 4.02. The highest BCUT2D eigenvalue weighted by atomic mass is 32.2. The van der Waals surface area contributed by atoms with Crippen LogP contribution in [-0.2, 0) is 4.79 Å². The molecule has 5 nitrogen and oxygen atoms in total. The van der Waals surface area contributed by atoms with Crippen molar-refractivity contribution >= 4 is 23.6 Å². The third-order valence-electron chi connectivity index (χ3n) is 2.80. The minimum absolute atomic E-state index is 0.107. The van der Waals surface area contributed by atoms with Gasteiger partial charge in [-0.3, -0.25) is 9.59 Å². The number of hydrogen-bond donors (Lipinski definition) is 2. The van der Waals surface area contributed by atoms with Crippen molar-refractivity contribution in [2.75, 3.05) is 12.8 Å². The number of aromatic nitrogens is 1. The van der Waals surface area contributed by atoms with Crippen LogP contribution in [-0.4, -0.2) is 35.6 Å². The van der Waals surface area contributed by atoms with Crippen molar-refractivity contribution in [1.82, 2.24) is 15.6 Å². The average molecular weight is 265 g/mol. The summed E-state index contributed by atoms with van der Waals surface area (Å²) in [5.74, 6) is -0.348. The lowest BCUT2D eigenvalue weighted by Crippen LogP contribution is -2.50. The zero-order chi connectivity index (χ0) is 13.0. The lowest BCUT2D eigenvalue weighted by Gasteiger charge is -2.22. The number of carbonyl (C=O) groups is 2. The lowest BCUT2D eigenvalue weighted by molar-refractivity contribution is -0.124. The average Bonchev–Trinajstić information content (AvgIpc) is 2.41. The van der Waals surface area contributed by atoms with Gasteiger partial charge >= 0.3 is 0 Å². The van der Waals surface area contributed by atoms with Crippen LogP contribution < -0.4 is 10.6 Å². The minimum Gasteiger partial charge on any atom is -0.354 e. The number of pyridine rings is 1. The zero-order valence-corrected chi connectivity index (χ0v) is 10.9. The smallest absolute Gasteiger partial charge is 0.254 e. The van der Waals surface area contributed by atoms with Crippen LogP contribution in [0.3, 0.4) is 0 Å². The van der Waals surface area contributed by atoms with Crippen molar-refractivity contribution in [3.63, 3.8) is 0 Å². The fourth-order valence-electron chi connectivity index (χ4n) is 1.87. The summed E-state index contributed by atoms with van der Waals surface area (Å²) in [5, 5.41) is 6.17. The summed E-state index contributed by atoms with van der Waals surface area (Å²) in [5.41, 5.74) is 0.517. The Morgan fingerprint density at radius 3 is 3.17 bits per heavy atom. The van der Waals surface area contributed by atoms with Gasteiger partial charge in [-0.15, -0.1) is 11.8 Å². The van der Waals surface area contributed by atoms with Crippen LogP contribution in [0.5, 0.6) is 0 Å². The molecule has 0 spiro atoms. The Kier molecular flexibility index (Phi) is 4.19. The minimum atomic E-state index is -0.429. The van der Waals surface area contributed by atoms with E-state index in [-0.39, 0.29) is 11.8 Å². The maximum Gasteiger partial charge on any atom is 0.254 e. The first kappa shape index (κ1) is 12.9. The number of nitrogens with zero attached hydrogens (tertiary/aromatic N) is 1. The van der Waals surface area contributed by atoms with E-state index < -0.39 is 6.04 Å². The molecule has 1 fully saturated rings. The molecule has 1 aliphatic heterocycles. The Morgan fingerprint density at radius 1 is 1.61 bits per heavy atom. The quantitative estimate of drug-likeness (QED) is 0.794. The molecule has 6 heteroatoms. The Hall–Kier alpha value is -1.56. The van der Waals surface area contributed by atoms with Gasteiger partial charge in [0.2, 0.25) is 5.91 Å². The number of nitrogens with one attached hydrogen (secondary N) is 2. The second kappa shape index (κ2) is 5.86. The SMILES string of the molecule is CSc1ncccc1C(=O)NC1CCCNC1=O. The summed E-state index contributed by atoms with van der Waals surface area (Å²) in [4.78, 5) is 27.8. The number of rotatable bonds is 3. The molecule has 2 N–H and O–H groups in total. The normalized spacial score (nSPS) is 19.2. The molecular weight excluding hydrogens is 250 g/mol. The van der Waals surface area contributed by atoms with Crippen molar-refractivity contribution in [2.24, 2.45) is 0 Å². The first-order valence-corrected chi connectivity index (χ1v) is 7.02. The number of carbonyl (C=O) groups excluding carboxylic acids is 2. The molecule has 2 amide bonds. The molecule has 2 rings (SSSR count). The largest absolute Gasteiger partial charge is 0.354 e. The van der Waals surface area contributed by atoms with Crippen LogP contribution in [0.25, 0.3) is 0 Å². The van der Waals surface area contributed by atoms with E-state index in [1.165, 1.54) is 11.8 Å². The van der Waals surface area contributed by atoms with Gasteiger partial charge in [0.15, 0.2) is 0 Å². The van der Waals surface area contributed by atoms with E-state index >= 15 is 0 Å². The van der Waals surface area contributed by atoms with E-state index in [0.717, 1.165) is 6.42 Å². The van der Waals surface area contributed by atoms with Crippen LogP contribution in [0.2, 0.25) is 0 Å². The Morgan fingerprint density at radius 2 is 2.44 bits per heavy atom. The maximum absolute atomic E-state index is 12.1. The third kappa shape index (κ3) is 2.81. The molecule has 1 unspecified atom stereocenters. The highest BCUT2D eigenvalue weighted by Crippen LogP contribution is 2.17. The van der Waals surface area contributed by atoms with Crippen molar-refractivity contribution in [3.8, 4) is 0 Å². The summed E-state index contributed by atoms with van der Waals surface area (Å²) in [6, 6.07) is 3.01. The van der Waals surface area contributed by atoms with Crippen LogP contribution in [0.15, 0.2) is 23.4 Å². The molecule has 1 saturated heterocycles. The highest BCUT2D eigenvalue weighted by molar-refractivity contribution is 7.98. The highest BCUT2D eigenvalue weighted by Gasteiger charge is 2.24. The lowest BCUT2D eigenvalue weighted by atomic mass is 10.1. The number of amides is 2. The third-order valence-corrected chi connectivity index (χ3v) is 3.51. The van der Waals surface area contributed by atoms with E-state index in [0.29, 0.717) is 23.6 Å². The number of piperidine rings is 1. The first-order valence-electron chi connectivity index (χ1n) is 5.80. The fraction of sp³-hybridized carbons (Fsp3) is 0.417. The van der Waals surface area contributed by atoms with Crippen molar-refractivity contribution in [3.05, 3.63) is 23.9 Å². The van der Waals surface area contributed by atoms with Gasteiger partial charge < -0.3 is 10.6 Å². The molecular formula is C12H15N3O2S. The molecule has 1 atom stereocenters. The number of thioether (sulfide) groups is 1. The topological polar surface area (TPSA) is 71.1 Å². The molecule has 18 heavy (non-hydrogen) atoms. The molecule has 0 aromatic carbocycles. The molecule has 0 bridgehead atoms. The van der Waals surface area contributed by atoms with Gasteiger partial charge in [-0.25, -0.2) is 4.98 Å².